The van der Waals surface area contributed by atoms with Gasteiger partial charge in [0.15, 0.2) is 0 Å². The number of hydrogen-bond acceptors (Lipinski definition) is 2. The topological polar surface area (TPSA) is 72.2 Å². The van der Waals surface area contributed by atoms with Crippen LogP contribution in [0, 0.1) is 3.57 Å². The van der Waals surface area contributed by atoms with Crippen LogP contribution in [0.4, 0.5) is 26.3 Å². The van der Waals surface area contributed by atoms with Gasteiger partial charge in [0, 0.05) is 9.99 Å². The van der Waals surface area contributed by atoms with Crippen molar-refractivity contribution >= 4 is 34.4 Å². The summed E-state index contributed by atoms with van der Waals surface area (Å²) in [5, 5.41) is 2.27. The first-order valence-corrected chi connectivity index (χ1v) is 9.45. The summed E-state index contributed by atoms with van der Waals surface area (Å²) < 4.78 is 78.5. The Morgan fingerprint density at radius 3 is 1.97 bits per heavy atom. The zero-order valence-electron chi connectivity index (χ0n) is 15.1. The maximum atomic E-state index is 12.9. The van der Waals surface area contributed by atoms with Gasteiger partial charge in [-0.05, 0) is 64.0 Å². The second kappa shape index (κ2) is 9.23. The van der Waals surface area contributed by atoms with Gasteiger partial charge in [0.25, 0.3) is 0 Å². The first kappa shape index (κ1) is 24.0. The third-order valence-electron chi connectivity index (χ3n) is 4.02. The van der Waals surface area contributed by atoms with Gasteiger partial charge in [-0.25, -0.2) is 0 Å². The third-order valence-corrected chi connectivity index (χ3v) is 4.69. The van der Waals surface area contributed by atoms with Crippen LogP contribution in [0.25, 0.3) is 0 Å². The molecule has 0 bridgehead atoms. The molecule has 0 aliphatic heterocycles. The molecule has 3 N–H and O–H groups in total. The fraction of sp³-hybridized carbons (Fsp3) is 0.263. The molecule has 0 unspecified atom stereocenters. The molecule has 0 aromatic heterocycles. The minimum Gasteiger partial charge on any atom is -0.368 e. The van der Waals surface area contributed by atoms with Gasteiger partial charge in [-0.15, -0.1) is 0 Å². The van der Waals surface area contributed by atoms with Gasteiger partial charge in [-0.3, -0.25) is 9.59 Å². The van der Waals surface area contributed by atoms with E-state index in [-0.39, 0.29) is 12.5 Å². The van der Waals surface area contributed by atoms with Crippen LogP contribution in [-0.4, -0.2) is 17.9 Å². The predicted molar refractivity (Wildman–Crippen MR) is 104 cm³/mol. The average Bonchev–Trinajstić information content (AvgIpc) is 2.59. The lowest BCUT2D eigenvalue weighted by Crippen LogP contribution is -2.46. The number of benzene rings is 2. The molecule has 0 aliphatic carbocycles. The van der Waals surface area contributed by atoms with E-state index in [1.807, 2.05) is 22.6 Å². The highest BCUT2D eigenvalue weighted by Gasteiger charge is 2.37. The molecule has 2 aromatic rings. The summed E-state index contributed by atoms with van der Waals surface area (Å²) in [5.74, 6) is -1.82. The van der Waals surface area contributed by atoms with E-state index in [0.29, 0.717) is 17.7 Å². The molecule has 0 saturated carbocycles. The van der Waals surface area contributed by atoms with Crippen molar-refractivity contribution in [2.45, 2.75) is 31.2 Å². The first-order chi connectivity index (χ1) is 13.8. The summed E-state index contributed by atoms with van der Waals surface area (Å²) in [6.07, 6.45) is -10.8. The van der Waals surface area contributed by atoms with Crippen LogP contribution in [0.2, 0.25) is 0 Å². The molecule has 2 amide bonds. The number of carbonyl (C=O) groups excluding carboxylic acids is 2. The van der Waals surface area contributed by atoms with Gasteiger partial charge in [-0.1, -0.05) is 12.1 Å². The quantitative estimate of drug-likeness (QED) is 0.425. The number of halogens is 7. The molecule has 4 nitrogen and oxygen atoms in total. The van der Waals surface area contributed by atoms with Crippen molar-refractivity contribution < 1.29 is 35.9 Å². The molecule has 2 rings (SSSR count). The molecule has 0 saturated heterocycles. The molecule has 1 atom stereocenters. The van der Waals surface area contributed by atoms with E-state index in [1.54, 1.807) is 24.3 Å². The van der Waals surface area contributed by atoms with E-state index in [0.717, 1.165) is 3.57 Å². The van der Waals surface area contributed by atoms with Gasteiger partial charge in [0.05, 0.1) is 17.5 Å². The van der Waals surface area contributed by atoms with Crippen molar-refractivity contribution in [2.75, 3.05) is 0 Å². The normalized spacial score (nSPS) is 13.0. The molecular weight excluding hydrogens is 529 g/mol. The zero-order valence-corrected chi connectivity index (χ0v) is 17.2. The van der Waals surface area contributed by atoms with Gasteiger partial charge >= 0.3 is 12.4 Å². The smallest absolute Gasteiger partial charge is 0.368 e. The number of nitrogens with one attached hydrogen (secondary N) is 1. The maximum absolute atomic E-state index is 12.9. The van der Waals surface area contributed by atoms with Crippen LogP contribution in [0.1, 0.15) is 22.3 Å². The molecular formula is C19H15F6IN2O2. The molecule has 0 spiro atoms. The zero-order chi connectivity index (χ0) is 22.7. The number of primary amides is 1. The Morgan fingerprint density at radius 1 is 0.933 bits per heavy atom. The molecule has 11 heteroatoms. The van der Waals surface area contributed by atoms with Gasteiger partial charge in [-0.2, -0.15) is 26.3 Å². The summed E-state index contributed by atoms with van der Waals surface area (Å²) in [4.78, 5) is 23.9. The highest BCUT2D eigenvalue weighted by Crippen LogP contribution is 2.36. The van der Waals surface area contributed by atoms with Crippen molar-refractivity contribution in [3.8, 4) is 0 Å². The largest absolute Gasteiger partial charge is 0.416 e. The van der Waals surface area contributed by atoms with E-state index >= 15 is 0 Å². The van der Waals surface area contributed by atoms with Crippen LogP contribution < -0.4 is 11.1 Å². The number of hydrogen-bond donors (Lipinski definition) is 2. The Hall–Kier alpha value is -2.31. The fourth-order valence-corrected chi connectivity index (χ4v) is 3.28. The summed E-state index contributed by atoms with van der Waals surface area (Å²) in [6.45, 7) is 0. The van der Waals surface area contributed by atoms with Crippen LogP contribution in [0.3, 0.4) is 0 Å². The second-order valence-corrected chi connectivity index (χ2v) is 7.69. The Kier molecular flexibility index (Phi) is 7.37. The van der Waals surface area contributed by atoms with E-state index in [9.17, 15) is 35.9 Å². The Bertz CT molecular complexity index is 911. The van der Waals surface area contributed by atoms with Crippen LogP contribution in [0.15, 0.2) is 42.5 Å². The van der Waals surface area contributed by atoms with E-state index in [4.69, 9.17) is 5.73 Å². The van der Waals surface area contributed by atoms with Crippen molar-refractivity contribution in [3.63, 3.8) is 0 Å². The average molecular weight is 544 g/mol. The summed E-state index contributed by atoms with van der Waals surface area (Å²) in [6, 6.07) is 6.68. The minimum absolute atomic E-state index is 0.0221. The number of nitrogens with two attached hydrogens (primary N) is 1. The number of carbonyl (C=O) groups is 2. The molecule has 0 aliphatic rings. The van der Waals surface area contributed by atoms with Crippen molar-refractivity contribution in [3.05, 3.63) is 68.3 Å². The van der Waals surface area contributed by atoms with Crippen molar-refractivity contribution in [1.82, 2.24) is 5.32 Å². The Labute approximate surface area is 181 Å². The molecule has 162 valence electrons. The van der Waals surface area contributed by atoms with Gasteiger partial charge in [0.1, 0.15) is 6.04 Å². The van der Waals surface area contributed by atoms with Crippen LogP contribution in [-0.2, 0) is 34.8 Å². The molecule has 30 heavy (non-hydrogen) atoms. The van der Waals surface area contributed by atoms with Gasteiger partial charge in [0.2, 0.25) is 11.8 Å². The molecule has 0 radical (unpaired) electrons. The SMILES string of the molecule is NC(=O)[C@@H](Cc1cccc(I)c1)NC(=O)Cc1cc(C(F)(F)F)cc(C(F)(F)F)c1. The fourth-order valence-electron chi connectivity index (χ4n) is 2.67. The molecule has 2 aromatic carbocycles. The van der Waals surface area contributed by atoms with Crippen LogP contribution >= 0.6 is 22.6 Å². The monoisotopic (exact) mass is 544 g/mol. The molecule has 0 heterocycles. The summed E-state index contributed by atoms with van der Waals surface area (Å²) in [5.41, 5.74) is 2.41. The minimum atomic E-state index is -5.02. The second-order valence-electron chi connectivity index (χ2n) is 6.45. The number of amides is 2. The van der Waals surface area contributed by atoms with Gasteiger partial charge < -0.3 is 11.1 Å². The Morgan fingerprint density at radius 2 is 1.50 bits per heavy atom. The number of rotatable bonds is 6. The highest BCUT2D eigenvalue weighted by atomic mass is 127. The lowest BCUT2D eigenvalue weighted by Gasteiger charge is -2.17. The third kappa shape index (κ3) is 6.89. The summed E-state index contributed by atoms with van der Waals surface area (Å²) in [7, 11) is 0. The molecule has 0 fully saturated rings. The highest BCUT2D eigenvalue weighted by molar-refractivity contribution is 14.1. The first-order valence-electron chi connectivity index (χ1n) is 8.37. The van der Waals surface area contributed by atoms with Crippen molar-refractivity contribution in [2.24, 2.45) is 5.73 Å². The van der Waals surface area contributed by atoms with Crippen molar-refractivity contribution in [1.29, 1.82) is 0 Å². The van der Waals surface area contributed by atoms with Crippen LogP contribution in [0.5, 0.6) is 0 Å². The summed E-state index contributed by atoms with van der Waals surface area (Å²) >= 11 is 2.04. The predicted octanol–water partition coefficient (Wildman–Crippen LogP) is 4.08. The maximum Gasteiger partial charge on any atom is 0.416 e. The Balaban J connectivity index is 2.21. The van der Waals surface area contributed by atoms with E-state index < -0.39 is 53.3 Å². The number of alkyl halides is 6. The lowest BCUT2D eigenvalue weighted by molar-refractivity contribution is -0.143. The standard InChI is InChI=1S/C19H15F6IN2O2/c20-18(21,22)12-4-11(5-13(9-12)19(23,24)25)8-16(29)28-15(17(27)30)7-10-2-1-3-14(26)6-10/h1-6,9,15H,7-8H2,(H2,27,30)(H,28,29)/t15-/m1/s1. The lowest BCUT2D eigenvalue weighted by atomic mass is 10.0. The van der Waals surface area contributed by atoms with E-state index in [1.165, 1.54) is 0 Å². The van der Waals surface area contributed by atoms with E-state index in [2.05, 4.69) is 5.32 Å².